The summed E-state index contributed by atoms with van der Waals surface area (Å²) in [7, 11) is 2.92. The van der Waals surface area contributed by atoms with Gasteiger partial charge in [0.2, 0.25) is 0 Å². The normalized spacial score (nSPS) is 10.4. The fourth-order valence-electron chi connectivity index (χ4n) is 1.63. The van der Waals surface area contributed by atoms with Crippen molar-refractivity contribution in [3.8, 4) is 22.6 Å². The number of nitrogen functional groups attached to an aromatic ring is 1. The minimum atomic E-state index is -0.485. The number of hydrogen-bond acceptors (Lipinski definition) is 4. The van der Waals surface area contributed by atoms with Crippen molar-refractivity contribution in [2.45, 2.75) is 0 Å². The molecule has 0 spiro atoms. The van der Waals surface area contributed by atoms with Gasteiger partial charge in [-0.3, -0.25) is 5.10 Å². The number of nitrogens with one attached hydrogen (secondary N) is 1. The zero-order valence-electron chi connectivity index (χ0n) is 9.75. The highest BCUT2D eigenvalue weighted by Gasteiger charge is 2.20. The molecule has 0 fully saturated rings. The maximum atomic E-state index is 14.2. The second-order valence-corrected chi connectivity index (χ2v) is 4.28. The summed E-state index contributed by atoms with van der Waals surface area (Å²) in [6.07, 6.45) is 1.45. The number of methoxy groups -OCH3 is 2. The Labute approximate surface area is 111 Å². The van der Waals surface area contributed by atoms with Crippen LogP contribution in [0.2, 0.25) is 0 Å². The molecule has 1 aromatic heterocycles. The molecule has 0 aliphatic heterocycles. The molecule has 5 nitrogen and oxygen atoms in total. The molecular formula is C11H11BrFN3O2. The van der Waals surface area contributed by atoms with Crippen LogP contribution in [-0.4, -0.2) is 24.4 Å². The minimum absolute atomic E-state index is 0.181. The summed E-state index contributed by atoms with van der Waals surface area (Å²) in [5.74, 6) is 0.496. The molecule has 0 bridgehead atoms. The van der Waals surface area contributed by atoms with Crippen molar-refractivity contribution in [3.63, 3.8) is 0 Å². The molecule has 18 heavy (non-hydrogen) atoms. The predicted molar refractivity (Wildman–Crippen MR) is 69.2 cm³/mol. The topological polar surface area (TPSA) is 73.2 Å². The van der Waals surface area contributed by atoms with E-state index in [1.807, 2.05) is 0 Å². The summed E-state index contributed by atoms with van der Waals surface area (Å²) in [6, 6.07) is 1.51. The molecule has 2 aromatic rings. The van der Waals surface area contributed by atoms with E-state index in [0.29, 0.717) is 17.1 Å². The highest BCUT2D eigenvalue weighted by molar-refractivity contribution is 9.10. The highest BCUT2D eigenvalue weighted by atomic mass is 79.9. The van der Waals surface area contributed by atoms with Crippen LogP contribution in [0.3, 0.4) is 0 Å². The number of nitrogens with two attached hydrogens (primary N) is 1. The standard InChI is InChI=1S/C11H11BrFN3O2/c1-17-7-3-5(6-4-15-16-11(6)14)9(13)8(12)10(7)18-2/h3-4H,1-2H3,(H3,14,15,16). The van der Waals surface area contributed by atoms with Gasteiger partial charge in [-0.25, -0.2) is 4.39 Å². The van der Waals surface area contributed by atoms with E-state index in [0.717, 1.165) is 0 Å². The van der Waals surface area contributed by atoms with E-state index >= 15 is 0 Å². The summed E-state index contributed by atoms with van der Waals surface area (Å²) in [6.45, 7) is 0. The van der Waals surface area contributed by atoms with E-state index in [9.17, 15) is 4.39 Å². The monoisotopic (exact) mass is 315 g/mol. The number of nitrogens with zero attached hydrogens (tertiary/aromatic N) is 1. The van der Waals surface area contributed by atoms with Gasteiger partial charge in [-0.15, -0.1) is 0 Å². The molecule has 0 radical (unpaired) electrons. The molecule has 0 atom stereocenters. The van der Waals surface area contributed by atoms with Gasteiger partial charge in [-0.2, -0.15) is 5.10 Å². The van der Waals surface area contributed by atoms with Crippen molar-refractivity contribution in [1.29, 1.82) is 0 Å². The van der Waals surface area contributed by atoms with Gasteiger partial charge < -0.3 is 15.2 Å². The molecule has 96 valence electrons. The molecule has 1 heterocycles. The first-order valence-electron chi connectivity index (χ1n) is 4.99. The van der Waals surface area contributed by atoms with Gasteiger partial charge in [-0.05, 0) is 22.0 Å². The van der Waals surface area contributed by atoms with Crippen LogP contribution in [0.1, 0.15) is 0 Å². The fourth-order valence-corrected chi connectivity index (χ4v) is 2.21. The Bertz CT molecular complexity index is 586. The van der Waals surface area contributed by atoms with Crippen LogP contribution in [-0.2, 0) is 0 Å². The molecule has 0 saturated heterocycles. The van der Waals surface area contributed by atoms with Crippen LogP contribution in [0.15, 0.2) is 16.7 Å². The Morgan fingerprint density at radius 1 is 1.33 bits per heavy atom. The Kier molecular flexibility index (Phi) is 3.42. The number of aromatic amines is 1. The lowest BCUT2D eigenvalue weighted by Gasteiger charge is -2.13. The second-order valence-electron chi connectivity index (χ2n) is 3.48. The fraction of sp³-hybridized carbons (Fsp3) is 0.182. The average Bonchev–Trinajstić information content (AvgIpc) is 2.78. The van der Waals surface area contributed by atoms with E-state index in [4.69, 9.17) is 15.2 Å². The van der Waals surface area contributed by atoms with Gasteiger partial charge in [0.1, 0.15) is 11.6 Å². The van der Waals surface area contributed by atoms with Gasteiger partial charge in [0.15, 0.2) is 11.5 Å². The number of anilines is 1. The number of hydrogen-bond donors (Lipinski definition) is 2. The van der Waals surface area contributed by atoms with Crippen LogP contribution in [0.5, 0.6) is 11.5 Å². The van der Waals surface area contributed by atoms with Gasteiger partial charge in [0.05, 0.1) is 24.9 Å². The molecule has 0 saturated carbocycles. The van der Waals surface area contributed by atoms with E-state index in [-0.39, 0.29) is 15.9 Å². The van der Waals surface area contributed by atoms with Gasteiger partial charge in [0, 0.05) is 11.1 Å². The summed E-state index contributed by atoms with van der Waals surface area (Å²) in [5.41, 5.74) is 6.43. The lowest BCUT2D eigenvalue weighted by Crippen LogP contribution is -1.97. The first-order chi connectivity index (χ1) is 8.60. The summed E-state index contributed by atoms with van der Waals surface area (Å²) in [4.78, 5) is 0. The van der Waals surface area contributed by atoms with Crippen LogP contribution >= 0.6 is 15.9 Å². The van der Waals surface area contributed by atoms with Crippen LogP contribution in [0.4, 0.5) is 10.2 Å². The molecule has 7 heteroatoms. The molecule has 0 aliphatic carbocycles. The molecule has 3 N–H and O–H groups in total. The minimum Gasteiger partial charge on any atom is -0.493 e. The third-order valence-electron chi connectivity index (χ3n) is 2.51. The Hall–Kier alpha value is -1.76. The molecule has 1 aromatic carbocycles. The van der Waals surface area contributed by atoms with E-state index in [1.54, 1.807) is 0 Å². The third-order valence-corrected chi connectivity index (χ3v) is 3.22. The number of H-pyrrole nitrogens is 1. The van der Waals surface area contributed by atoms with Crippen molar-refractivity contribution in [2.75, 3.05) is 20.0 Å². The summed E-state index contributed by atoms with van der Waals surface area (Å²) in [5, 5.41) is 6.32. The zero-order chi connectivity index (χ0) is 13.3. The lowest BCUT2D eigenvalue weighted by atomic mass is 10.1. The number of rotatable bonds is 3. The predicted octanol–water partition coefficient (Wildman–Crippen LogP) is 2.58. The smallest absolute Gasteiger partial charge is 0.177 e. The van der Waals surface area contributed by atoms with Crippen LogP contribution < -0.4 is 15.2 Å². The zero-order valence-corrected chi connectivity index (χ0v) is 11.3. The van der Waals surface area contributed by atoms with Crippen LogP contribution in [0, 0.1) is 5.82 Å². The van der Waals surface area contributed by atoms with E-state index < -0.39 is 5.82 Å². The van der Waals surface area contributed by atoms with Crippen molar-refractivity contribution >= 4 is 21.7 Å². The quantitative estimate of drug-likeness (QED) is 0.913. The average molecular weight is 316 g/mol. The largest absolute Gasteiger partial charge is 0.493 e. The van der Waals surface area contributed by atoms with Crippen molar-refractivity contribution in [1.82, 2.24) is 10.2 Å². The maximum absolute atomic E-state index is 14.2. The van der Waals surface area contributed by atoms with Crippen molar-refractivity contribution in [3.05, 3.63) is 22.6 Å². The molecule has 2 rings (SSSR count). The number of halogens is 2. The Morgan fingerprint density at radius 3 is 2.56 bits per heavy atom. The Morgan fingerprint density at radius 2 is 2.06 bits per heavy atom. The number of aromatic nitrogens is 2. The maximum Gasteiger partial charge on any atom is 0.177 e. The first kappa shape index (κ1) is 12.7. The van der Waals surface area contributed by atoms with Gasteiger partial charge >= 0.3 is 0 Å². The Balaban J connectivity index is 2.70. The summed E-state index contributed by atoms with van der Waals surface area (Å²) >= 11 is 3.14. The van der Waals surface area contributed by atoms with E-state index in [1.165, 1.54) is 26.5 Å². The molecule has 0 unspecified atom stereocenters. The SMILES string of the molecule is COc1cc(-c2cn[nH]c2N)c(F)c(Br)c1OC. The van der Waals surface area contributed by atoms with Gasteiger partial charge in [-0.1, -0.05) is 0 Å². The molecule has 0 amide bonds. The highest BCUT2D eigenvalue weighted by Crippen LogP contribution is 2.42. The summed E-state index contributed by atoms with van der Waals surface area (Å²) < 4.78 is 24.7. The van der Waals surface area contributed by atoms with E-state index in [2.05, 4.69) is 26.1 Å². The first-order valence-corrected chi connectivity index (χ1v) is 5.78. The molecular weight excluding hydrogens is 305 g/mol. The third kappa shape index (κ3) is 1.90. The number of ether oxygens (including phenoxy) is 2. The second kappa shape index (κ2) is 4.85. The lowest BCUT2D eigenvalue weighted by molar-refractivity contribution is 0.350. The molecule has 0 aliphatic rings. The van der Waals surface area contributed by atoms with Gasteiger partial charge in [0.25, 0.3) is 0 Å². The van der Waals surface area contributed by atoms with Crippen LogP contribution in [0.25, 0.3) is 11.1 Å². The van der Waals surface area contributed by atoms with Crippen molar-refractivity contribution < 1.29 is 13.9 Å². The number of benzene rings is 1. The van der Waals surface area contributed by atoms with Crippen molar-refractivity contribution in [2.24, 2.45) is 0 Å².